The maximum atomic E-state index is 5.94. The predicted molar refractivity (Wildman–Crippen MR) is 87.1 cm³/mol. The van der Waals surface area contributed by atoms with Crippen molar-refractivity contribution < 1.29 is 0 Å². The molecule has 0 amide bonds. The summed E-state index contributed by atoms with van der Waals surface area (Å²) in [6.07, 6.45) is 3.37. The van der Waals surface area contributed by atoms with Gasteiger partial charge in [-0.1, -0.05) is 41.9 Å². The SMILES string of the molecule is Clc1ccc(-n2ncc3c(-c4ccccc4)ncnc32)cc1. The molecular weight excluding hydrogens is 296 g/mol. The summed E-state index contributed by atoms with van der Waals surface area (Å²) < 4.78 is 1.79. The standard InChI is InChI=1S/C17H11ClN4/c18-13-6-8-14(9-7-13)22-17-15(10-21-22)16(19-11-20-17)12-4-2-1-3-5-12/h1-11H. The van der Waals surface area contributed by atoms with Gasteiger partial charge in [-0.2, -0.15) is 5.10 Å². The van der Waals surface area contributed by atoms with E-state index in [0.717, 1.165) is 28.0 Å². The molecule has 4 aromatic rings. The summed E-state index contributed by atoms with van der Waals surface area (Å²) in [6, 6.07) is 17.5. The number of benzene rings is 2. The van der Waals surface area contributed by atoms with E-state index in [1.165, 1.54) is 0 Å². The molecule has 0 radical (unpaired) electrons. The van der Waals surface area contributed by atoms with Crippen molar-refractivity contribution in [2.45, 2.75) is 0 Å². The molecule has 0 saturated carbocycles. The fraction of sp³-hybridized carbons (Fsp3) is 0. The molecule has 0 fully saturated rings. The first-order valence-electron chi connectivity index (χ1n) is 6.83. The Kier molecular flexibility index (Phi) is 3.09. The van der Waals surface area contributed by atoms with Gasteiger partial charge in [-0.3, -0.25) is 0 Å². The molecule has 4 nitrogen and oxygen atoms in total. The highest BCUT2D eigenvalue weighted by atomic mass is 35.5. The Morgan fingerprint density at radius 3 is 2.41 bits per heavy atom. The van der Waals surface area contributed by atoms with Crippen LogP contribution in [-0.2, 0) is 0 Å². The predicted octanol–water partition coefficient (Wildman–Crippen LogP) is 4.14. The second kappa shape index (κ2) is 5.24. The van der Waals surface area contributed by atoms with Gasteiger partial charge < -0.3 is 0 Å². The minimum absolute atomic E-state index is 0.694. The van der Waals surface area contributed by atoms with E-state index in [2.05, 4.69) is 15.1 Å². The maximum Gasteiger partial charge on any atom is 0.166 e. The van der Waals surface area contributed by atoms with Gasteiger partial charge in [0.05, 0.1) is 23.0 Å². The third-order valence-corrected chi connectivity index (χ3v) is 3.74. The van der Waals surface area contributed by atoms with Crippen molar-refractivity contribution >= 4 is 22.6 Å². The smallest absolute Gasteiger partial charge is 0.166 e. The minimum atomic E-state index is 0.694. The second-order valence-electron chi connectivity index (χ2n) is 4.86. The van der Waals surface area contributed by atoms with Gasteiger partial charge in [-0.15, -0.1) is 0 Å². The lowest BCUT2D eigenvalue weighted by atomic mass is 10.1. The second-order valence-corrected chi connectivity index (χ2v) is 5.29. The maximum absolute atomic E-state index is 5.94. The molecule has 2 heterocycles. The van der Waals surface area contributed by atoms with E-state index in [4.69, 9.17) is 11.6 Å². The zero-order chi connectivity index (χ0) is 14.9. The number of nitrogens with zero attached hydrogens (tertiary/aromatic N) is 4. The summed E-state index contributed by atoms with van der Waals surface area (Å²) in [6.45, 7) is 0. The number of rotatable bonds is 2. The molecule has 0 unspecified atom stereocenters. The molecule has 0 spiro atoms. The Labute approximate surface area is 132 Å². The van der Waals surface area contributed by atoms with Crippen LogP contribution in [0, 0.1) is 0 Å². The fourth-order valence-corrected chi connectivity index (χ4v) is 2.57. The van der Waals surface area contributed by atoms with Crippen LogP contribution in [0.5, 0.6) is 0 Å². The van der Waals surface area contributed by atoms with E-state index in [9.17, 15) is 0 Å². The zero-order valence-corrected chi connectivity index (χ0v) is 12.3. The Morgan fingerprint density at radius 2 is 1.64 bits per heavy atom. The van der Waals surface area contributed by atoms with E-state index in [1.54, 1.807) is 17.2 Å². The number of fused-ring (bicyclic) bond motifs is 1. The van der Waals surface area contributed by atoms with Crippen LogP contribution in [0.2, 0.25) is 5.02 Å². The summed E-state index contributed by atoms with van der Waals surface area (Å²) in [5.41, 5.74) is 3.62. The zero-order valence-electron chi connectivity index (χ0n) is 11.5. The molecule has 0 aliphatic heterocycles. The average molecular weight is 307 g/mol. The third-order valence-electron chi connectivity index (χ3n) is 3.48. The molecule has 0 saturated heterocycles. The van der Waals surface area contributed by atoms with E-state index < -0.39 is 0 Å². The van der Waals surface area contributed by atoms with Gasteiger partial charge in [0.25, 0.3) is 0 Å². The van der Waals surface area contributed by atoms with Gasteiger partial charge in [0.2, 0.25) is 0 Å². The lowest BCUT2D eigenvalue weighted by Gasteiger charge is -2.04. The highest BCUT2D eigenvalue weighted by molar-refractivity contribution is 6.30. The average Bonchev–Trinajstić information content (AvgIpc) is 3.00. The van der Waals surface area contributed by atoms with Crippen molar-refractivity contribution in [2.24, 2.45) is 0 Å². The molecule has 5 heteroatoms. The van der Waals surface area contributed by atoms with Crippen LogP contribution < -0.4 is 0 Å². The van der Waals surface area contributed by atoms with Crippen LogP contribution >= 0.6 is 11.6 Å². The van der Waals surface area contributed by atoms with Crippen LogP contribution in [0.3, 0.4) is 0 Å². The van der Waals surface area contributed by atoms with Gasteiger partial charge in [0.1, 0.15) is 6.33 Å². The van der Waals surface area contributed by atoms with Crippen LogP contribution in [0.25, 0.3) is 28.0 Å². The van der Waals surface area contributed by atoms with Gasteiger partial charge in [0, 0.05) is 10.6 Å². The van der Waals surface area contributed by atoms with Crippen LogP contribution in [0.15, 0.2) is 67.1 Å². The summed E-state index contributed by atoms with van der Waals surface area (Å²) in [4.78, 5) is 8.80. The van der Waals surface area contributed by atoms with E-state index >= 15 is 0 Å². The highest BCUT2D eigenvalue weighted by Gasteiger charge is 2.12. The summed E-state index contributed by atoms with van der Waals surface area (Å²) in [5, 5.41) is 6.07. The quantitative estimate of drug-likeness (QED) is 0.559. The fourth-order valence-electron chi connectivity index (χ4n) is 2.44. The highest BCUT2D eigenvalue weighted by Crippen LogP contribution is 2.26. The van der Waals surface area contributed by atoms with Gasteiger partial charge in [0.15, 0.2) is 5.65 Å². The first kappa shape index (κ1) is 13.0. The summed E-state index contributed by atoms with van der Waals surface area (Å²) >= 11 is 5.94. The largest absolute Gasteiger partial charge is 0.235 e. The van der Waals surface area contributed by atoms with Gasteiger partial charge in [-0.25, -0.2) is 14.6 Å². The Hall–Kier alpha value is -2.72. The first-order chi connectivity index (χ1) is 10.8. The lowest BCUT2D eigenvalue weighted by molar-refractivity contribution is 0.895. The molecule has 2 aromatic heterocycles. The van der Waals surface area contributed by atoms with Gasteiger partial charge in [-0.05, 0) is 24.3 Å². The number of aromatic nitrogens is 4. The van der Waals surface area contributed by atoms with Crippen LogP contribution in [0.4, 0.5) is 0 Å². The molecule has 0 aliphatic carbocycles. The van der Waals surface area contributed by atoms with Crippen molar-refractivity contribution in [2.75, 3.05) is 0 Å². The van der Waals surface area contributed by atoms with Crippen molar-refractivity contribution in [1.82, 2.24) is 19.7 Å². The molecule has 2 aromatic carbocycles. The topological polar surface area (TPSA) is 43.6 Å². The van der Waals surface area contributed by atoms with E-state index in [-0.39, 0.29) is 0 Å². The van der Waals surface area contributed by atoms with Crippen molar-refractivity contribution in [1.29, 1.82) is 0 Å². The molecular formula is C17H11ClN4. The lowest BCUT2D eigenvalue weighted by Crippen LogP contribution is -1.97. The number of hydrogen-bond acceptors (Lipinski definition) is 3. The van der Waals surface area contributed by atoms with E-state index in [1.807, 2.05) is 54.6 Å². The van der Waals surface area contributed by atoms with Crippen molar-refractivity contribution in [3.8, 4) is 16.9 Å². The summed E-state index contributed by atoms with van der Waals surface area (Å²) in [5.74, 6) is 0. The normalized spacial score (nSPS) is 11.0. The Morgan fingerprint density at radius 1 is 0.864 bits per heavy atom. The van der Waals surface area contributed by atoms with Crippen molar-refractivity contribution in [3.63, 3.8) is 0 Å². The molecule has 0 bridgehead atoms. The molecule has 22 heavy (non-hydrogen) atoms. The molecule has 0 N–H and O–H groups in total. The molecule has 4 rings (SSSR count). The number of hydrogen-bond donors (Lipinski definition) is 0. The van der Waals surface area contributed by atoms with Crippen LogP contribution in [0.1, 0.15) is 0 Å². The van der Waals surface area contributed by atoms with Crippen molar-refractivity contribution in [3.05, 3.63) is 72.1 Å². The molecule has 0 aliphatic rings. The Bertz CT molecular complexity index is 930. The minimum Gasteiger partial charge on any atom is -0.235 e. The van der Waals surface area contributed by atoms with E-state index in [0.29, 0.717) is 5.02 Å². The number of halogens is 1. The third kappa shape index (κ3) is 2.14. The molecule has 0 atom stereocenters. The van der Waals surface area contributed by atoms with Crippen LogP contribution in [-0.4, -0.2) is 19.7 Å². The van der Waals surface area contributed by atoms with Gasteiger partial charge >= 0.3 is 0 Å². The monoisotopic (exact) mass is 306 g/mol. The first-order valence-corrected chi connectivity index (χ1v) is 7.21. The Balaban J connectivity index is 1.92. The summed E-state index contributed by atoms with van der Waals surface area (Å²) in [7, 11) is 0. The molecule has 106 valence electrons.